The van der Waals surface area contributed by atoms with Crippen molar-refractivity contribution >= 4 is 56.8 Å². The minimum Gasteiger partial charge on any atom is -0.342 e. The van der Waals surface area contributed by atoms with Crippen LogP contribution in [0.2, 0.25) is 5.02 Å². The van der Waals surface area contributed by atoms with Crippen LogP contribution in [0.3, 0.4) is 0 Å². The monoisotopic (exact) mass is 549 g/mol. The molecule has 174 valence electrons. The molecule has 0 radical (unpaired) electrons. The first-order chi connectivity index (χ1) is 15.8. The van der Waals surface area contributed by atoms with E-state index in [1.165, 1.54) is 11.8 Å². The van der Waals surface area contributed by atoms with Crippen molar-refractivity contribution in [2.45, 2.75) is 38.5 Å². The number of halogens is 2. The second-order valence-electron chi connectivity index (χ2n) is 7.60. The lowest BCUT2D eigenvalue weighted by Gasteiger charge is -2.22. The SMILES string of the molecule is CCn1c(SCC(=O)Nc2ccc(Br)cc2)nnc1[C@H](NC(=O)c1ccccc1Cl)C(C)C. The molecule has 1 atom stereocenters. The highest BCUT2D eigenvalue weighted by Crippen LogP contribution is 2.26. The standard InChI is InChI=1S/C23H25BrClN5O2S/c1-4-30-21(20(14(2)3)27-22(32)17-7-5-6-8-18(17)25)28-29-23(30)33-13-19(31)26-16-11-9-15(24)10-12-16/h5-12,14,20H,4,13H2,1-3H3,(H,26,31)(H,27,32)/t20-/m1/s1. The highest BCUT2D eigenvalue weighted by atomic mass is 79.9. The third-order valence-corrected chi connectivity index (χ3v) is 6.70. The van der Waals surface area contributed by atoms with Crippen LogP contribution in [0.1, 0.15) is 43.0 Å². The van der Waals surface area contributed by atoms with Crippen LogP contribution in [0.4, 0.5) is 5.69 Å². The van der Waals surface area contributed by atoms with Crippen LogP contribution in [-0.2, 0) is 11.3 Å². The van der Waals surface area contributed by atoms with Gasteiger partial charge in [0.25, 0.3) is 5.91 Å². The Hall–Kier alpha value is -2.36. The number of rotatable bonds is 9. The average Bonchev–Trinajstić information content (AvgIpc) is 3.20. The molecule has 2 N–H and O–H groups in total. The molecule has 1 aromatic heterocycles. The topological polar surface area (TPSA) is 88.9 Å². The van der Waals surface area contributed by atoms with Crippen LogP contribution in [-0.4, -0.2) is 32.3 Å². The van der Waals surface area contributed by atoms with Crippen molar-refractivity contribution in [2.75, 3.05) is 11.1 Å². The first kappa shape index (κ1) is 25.3. The Kier molecular flexibility index (Phi) is 8.94. The molecule has 0 unspecified atom stereocenters. The zero-order chi connectivity index (χ0) is 24.0. The Morgan fingerprint density at radius 3 is 2.45 bits per heavy atom. The summed E-state index contributed by atoms with van der Waals surface area (Å²) in [5, 5.41) is 15.6. The van der Waals surface area contributed by atoms with Crippen molar-refractivity contribution in [1.29, 1.82) is 0 Å². The maximum atomic E-state index is 12.9. The number of carbonyl (C=O) groups excluding carboxylic acids is 2. The van der Waals surface area contributed by atoms with Gasteiger partial charge in [-0.3, -0.25) is 9.59 Å². The summed E-state index contributed by atoms with van der Waals surface area (Å²) in [5.41, 5.74) is 1.13. The maximum Gasteiger partial charge on any atom is 0.253 e. The number of hydrogen-bond donors (Lipinski definition) is 2. The fourth-order valence-corrected chi connectivity index (χ4v) is 4.48. The summed E-state index contributed by atoms with van der Waals surface area (Å²) in [5.74, 6) is 0.482. The zero-order valence-electron chi connectivity index (χ0n) is 18.5. The van der Waals surface area contributed by atoms with E-state index in [9.17, 15) is 9.59 Å². The summed E-state index contributed by atoms with van der Waals surface area (Å²) in [4.78, 5) is 25.2. The predicted octanol–water partition coefficient (Wildman–Crippen LogP) is 5.57. The lowest BCUT2D eigenvalue weighted by Crippen LogP contribution is -2.34. The molecular formula is C23H25BrClN5O2S. The number of carbonyl (C=O) groups is 2. The Bertz CT molecular complexity index is 1120. The molecule has 0 saturated heterocycles. The number of nitrogens with zero attached hydrogens (tertiary/aromatic N) is 3. The van der Waals surface area contributed by atoms with Crippen LogP contribution >= 0.6 is 39.3 Å². The zero-order valence-corrected chi connectivity index (χ0v) is 21.7. The highest BCUT2D eigenvalue weighted by molar-refractivity contribution is 9.10. The van der Waals surface area contributed by atoms with Crippen molar-refractivity contribution in [1.82, 2.24) is 20.1 Å². The van der Waals surface area contributed by atoms with E-state index in [-0.39, 0.29) is 29.5 Å². The lowest BCUT2D eigenvalue weighted by atomic mass is 10.0. The molecule has 10 heteroatoms. The minimum atomic E-state index is -0.368. The van der Waals surface area contributed by atoms with Gasteiger partial charge in [-0.25, -0.2) is 0 Å². The van der Waals surface area contributed by atoms with E-state index < -0.39 is 0 Å². The van der Waals surface area contributed by atoms with E-state index >= 15 is 0 Å². The second-order valence-corrected chi connectivity index (χ2v) is 9.87. The Morgan fingerprint density at radius 1 is 1.12 bits per heavy atom. The summed E-state index contributed by atoms with van der Waals surface area (Å²) in [6.45, 7) is 6.59. The highest BCUT2D eigenvalue weighted by Gasteiger charge is 2.26. The van der Waals surface area contributed by atoms with E-state index in [1.54, 1.807) is 24.3 Å². The fraction of sp³-hybridized carbons (Fsp3) is 0.304. The Balaban J connectivity index is 1.71. The quantitative estimate of drug-likeness (QED) is 0.340. The largest absolute Gasteiger partial charge is 0.342 e. The number of benzene rings is 2. The summed E-state index contributed by atoms with van der Waals surface area (Å²) in [6.07, 6.45) is 0. The molecule has 0 aliphatic rings. The Labute approximate surface area is 210 Å². The van der Waals surface area contributed by atoms with E-state index in [0.717, 1.165) is 10.2 Å². The van der Waals surface area contributed by atoms with Crippen LogP contribution in [0.15, 0.2) is 58.2 Å². The average molecular weight is 551 g/mol. The molecule has 0 saturated carbocycles. The third-order valence-electron chi connectivity index (χ3n) is 4.87. The van der Waals surface area contributed by atoms with Gasteiger partial charge in [-0.15, -0.1) is 10.2 Å². The molecule has 1 heterocycles. The maximum absolute atomic E-state index is 12.9. The normalized spacial score (nSPS) is 11.9. The molecule has 2 amide bonds. The van der Waals surface area contributed by atoms with Gasteiger partial charge in [-0.05, 0) is 49.2 Å². The van der Waals surface area contributed by atoms with E-state index in [1.807, 2.05) is 49.6 Å². The van der Waals surface area contributed by atoms with Gasteiger partial charge in [0.2, 0.25) is 5.91 Å². The van der Waals surface area contributed by atoms with Gasteiger partial charge in [-0.1, -0.05) is 65.3 Å². The molecule has 0 aliphatic heterocycles. The molecule has 3 rings (SSSR count). The molecular weight excluding hydrogens is 526 g/mol. The van der Waals surface area contributed by atoms with Crippen LogP contribution in [0.25, 0.3) is 0 Å². The number of aromatic nitrogens is 3. The van der Waals surface area contributed by atoms with Gasteiger partial charge in [-0.2, -0.15) is 0 Å². The Morgan fingerprint density at radius 2 is 1.82 bits per heavy atom. The molecule has 2 aromatic carbocycles. The fourth-order valence-electron chi connectivity index (χ4n) is 3.19. The summed E-state index contributed by atoms with van der Waals surface area (Å²) in [6, 6.07) is 13.9. The third kappa shape index (κ3) is 6.59. The number of thioether (sulfide) groups is 1. The molecule has 0 aliphatic carbocycles. The van der Waals surface area contributed by atoms with Gasteiger partial charge in [0.05, 0.1) is 22.4 Å². The second kappa shape index (κ2) is 11.7. The smallest absolute Gasteiger partial charge is 0.253 e. The molecule has 33 heavy (non-hydrogen) atoms. The number of anilines is 1. The van der Waals surface area contributed by atoms with Gasteiger partial charge >= 0.3 is 0 Å². The van der Waals surface area contributed by atoms with Gasteiger partial charge < -0.3 is 15.2 Å². The van der Waals surface area contributed by atoms with Crippen molar-refractivity contribution in [3.05, 3.63) is 69.4 Å². The summed E-state index contributed by atoms with van der Waals surface area (Å²) < 4.78 is 2.87. The molecule has 0 spiro atoms. The van der Waals surface area contributed by atoms with E-state index in [2.05, 4.69) is 36.8 Å². The first-order valence-electron chi connectivity index (χ1n) is 10.5. The van der Waals surface area contributed by atoms with Gasteiger partial charge in [0.15, 0.2) is 11.0 Å². The van der Waals surface area contributed by atoms with E-state index in [4.69, 9.17) is 11.6 Å². The first-order valence-corrected chi connectivity index (χ1v) is 12.6. The predicted molar refractivity (Wildman–Crippen MR) is 136 cm³/mol. The molecule has 0 bridgehead atoms. The number of nitrogens with one attached hydrogen (secondary N) is 2. The lowest BCUT2D eigenvalue weighted by molar-refractivity contribution is -0.113. The van der Waals surface area contributed by atoms with Gasteiger partial charge in [0.1, 0.15) is 0 Å². The van der Waals surface area contributed by atoms with Crippen LogP contribution < -0.4 is 10.6 Å². The van der Waals surface area contributed by atoms with E-state index in [0.29, 0.717) is 28.1 Å². The summed E-state index contributed by atoms with van der Waals surface area (Å²) in [7, 11) is 0. The van der Waals surface area contributed by atoms with Crippen molar-refractivity contribution < 1.29 is 9.59 Å². The van der Waals surface area contributed by atoms with Crippen molar-refractivity contribution in [3.8, 4) is 0 Å². The van der Waals surface area contributed by atoms with Crippen LogP contribution in [0.5, 0.6) is 0 Å². The summed E-state index contributed by atoms with van der Waals surface area (Å²) >= 11 is 10.9. The van der Waals surface area contributed by atoms with Crippen LogP contribution in [0, 0.1) is 5.92 Å². The minimum absolute atomic E-state index is 0.0597. The molecule has 3 aromatic rings. The molecule has 0 fully saturated rings. The van der Waals surface area contributed by atoms with Crippen molar-refractivity contribution in [2.24, 2.45) is 5.92 Å². The number of hydrogen-bond acceptors (Lipinski definition) is 5. The molecule has 7 nitrogen and oxygen atoms in total. The van der Waals surface area contributed by atoms with Crippen molar-refractivity contribution in [3.63, 3.8) is 0 Å². The number of amides is 2. The van der Waals surface area contributed by atoms with Gasteiger partial charge in [0, 0.05) is 16.7 Å².